The van der Waals surface area contributed by atoms with Gasteiger partial charge in [-0.1, -0.05) is 42.5 Å². The Morgan fingerprint density at radius 1 is 1.09 bits per heavy atom. The molecule has 4 rings (SSSR count). The summed E-state index contributed by atoms with van der Waals surface area (Å²) >= 11 is 1.50. The van der Waals surface area contributed by atoms with Crippen LogP contribution in [0.15, 0.2) is 78.2 Å². The zero-order chi connectivity index (χ0) is 22.6. The lowest BCUT2D eigenvalue weighted by atomic mass is 9.81. The maximum Gasteiger partial charge on any atom is 0.261 e. The van der Waals surface area contributed by atoms with E-state index in [1.807, 2.05) is 41.8 Å². The highest BCUT2D eigenvalue weighted by molar-refractivity contribution is 7.10. The number of hydrogen-bond acceptors (Lipinski definition) is 5. The Balaban J connectivity index is 1.59. The lowest BCUT2D eigenvalue weighted by molar-refractivity contribution is -0.144. The third kappa shape index (κ3) is 4.84. The zero-order valence-electron chi connectivity index (χ0n) is 17.8. The molecule has 1 fully saturated rings. The number of rotatable bonds is 6. The van der Waals surface area contributed by atoms with E-state index < -0.39 is 17.7 Å². The molecule has 2 heterocycles. The molecule has 7 heteroatoms. The minimum absolute atomic E-state index is 0.118. The average Bonchev–Trinajstić information content (AvgIpc) is 3.34. The van der Waals surface area contributed by atoms with Crippen LogP contribution in [0.3, 0.4) is 0 Å². The van der Waals surface area contributed by atoms with Crippen molar-refractivity contribution < 1.29 is 19.4 Å². The number of carbonyl (C=O) groups excluding carboxylic acids is 2. The van der Waals surface area contributed by atoms with Gasteiger partial charge in [-0.2, -0.15) is 0 Å². The molecule has 0 aliphatic carbocycles. The van der Waals surface area contributed by atoms with Crippen LogP contribution in [0.2, 0.25) is 0 Å². The second-order valence-electron chi connectivity index (χ2n) is 8.07. The SMILES string of the molecule is CC1(O)CCN(C(=O)COc2ccccc2)C(c2cccs2)C1NC(=O)c1ccccc1. The molecule has 2 aromatic carbocycles. The second-order valence-corrected chi connectivity index (χ2v) is 9.05. The number of benzene rings is 2. The molecule has 166 valence electrons. The number of nitrogens with one attached hydrogen (secondary N) is 1. The summed E-state index contributed by atoms with van der Waals surface area (Å²) in [5.74, 6) is 0.139. The molecule has 3 unspecified atom stereocenters. The summed E-state index contributed by atoms with van der Waals surface area (Å²) in [6, 6.07) is 20.7. The molecule has 32 heavy (non-hydrogen) atoms. The Bertz CT molecular complexity index is 1040. The van der Waals surface area contributed by atoms with Gasteiger partial charge in [-0.25, -0.2) is 0 Å². The van der Waals surface area contributed by atoms with Crippen molar-refractivity contribution in [2.24, 2.45) is 0 Å². The molecule has 0 spiro atoms. The highest BCUT2D eigenvalue weighted by Crippen LogP contribution is 2.39. The molecule has 6 nitrogen and oxygen atoms in total. The first-order valence-corrected chi connectivity index (χ1v) is 11.4. The number of para-hydroxylation sites is 1. The van der Waals surface area contributed by atoms with Crippen LogP contribution in [0.25, 0.3) is 0 Å². The predicted molar refractivity (Wildman–Crippen MR) is 124 cm³/mol. The molecule has 3 atom stereocenters. The molecule has 3 aromatic rings. The number of carbonyl (C=O) groups is 2. The fourth-order valence-electron chi connectivity index (χ4n) is 4.01. The minimum atomic E-state index is -1.18. The van der Waals surface area contributed by atoms with Gasteiger partial charge in [-0.15, -0.1) is 11.3 Å². The molecular weight excluding hydrogens is 424 g/mol. The summed E-state index contributed by atoms with van der Waals surface area (Å²) in [5.41, 5.74) is -0.681. The first-order chi connectivity index (χ1) is 15.5. The van der Waals surface area contributed by atoms with Gasteiger partial charge in [0.2, 0.25) is 0 Å². The van der Waals surface area contributed by atoms with Gasteiger partial charge in [0, 0.05) is 17.0 Å². The number of amides is 2. The lowest BCUT2D eigenvalue weighted by Crippen LogP contribution is -2.63. The van der Waals surface area contributed by atoms with Crippen molar-refractivity contribution in [3.8, 4) is 5.75 Å². The number of ether oxygens (including phenoxy) is 1. The minimum Gasteiger partial charge on any atom is -0.484 e. The van der Waals surface area contributed by atoms with E-state index in [2.05, 4.69) is 5.32 Å². The first-order valence-electron chi connectivity index (χ1n) is 10.5. The first kappa shape index (κ1) is 22.0. The van der Waals surface area contributed by atoms with Crippen molar-refractivity contribution in [1.82, 2.24) is 10.2 Å². The normalized spacial score (nSPS) is 22.9. The Morgan fingerprint density at radius 3 is 2.44 bits per heavy atom. The predicted octanol–water partition coefficient (Wildman–Crippen LogP) is 3.65. The van der Waals surface area contributed by atoms with Gasteiger partial charge in [0.1, 0.15) is 5.75 Å². The van der Waals surface area contributed by atoms with Gasteiger partial charge < -0.3 is 20.1 Å². The zero-order valence-corrected chi connectivity index (χ0v) is 18.6. The van der Waals surface area contributed by atoms with E-state index in [9.17, 15) is 14.7 Å². The van der Waals surface area contributed by atoms with E-state index in [1.54, 1.807) is 48.2 Å². The van der Waals surface area contributed by atoms with Crippen molar-refractivity contribution in [2.45, 2.75) is 31.0 Å². The maximum absolute atomic E-state index is 13.2. The molecule has 0 bridgehead atoms. The van der Waals surface area contributed by atoms with E-state index in [0.29, 0.717) is 24.3 Å². The highest BCUT2D eigenvalue weighted by Gasteiger charge is 2.48. The third-order valence-electron chi connectivity index (χ3n) is 5.76. The Hall–Kier alpha value is -3.16. The van der Waals surface area contributed by atoms with Crippen molar-refractivity contribution in [3.63, 3.8) is 0 Å². The standard InChI is InChI=1S/C25H26N2O4S/c1-25(30)14-15-27(21(28)17-31-19-11-6-3-7-12-19)22(20-13-8-16-32-20)23(25)26-24(29)18-9-4-2-5-10-18/h2-13,16,22-23,30H,14-15,17H2,1H3,(H,26,29). The van der Waals surface area contributed by atoms with Crippen molar-refractivity contribution in [2.75, 3.05) is 13.2 Å². The van der Waals surface area contributed by atoms with E-state index in [0.717, 1.165) is 4.88 Å². The van der Waals surface area contributed by atoms with Gasteiger partial charge in [-0.05, 0) is 49.1 Å². The topological polar surface area (TPSA) is 78.9 Å². The second kappa shape index (κ2) is 9.54. The summed E-state index contributed by atoms with van der Waals surface area (Å²) in [4.78, 5) is 28.8. The van der Waals surface area contributed by atoms with E-state index >= 15 is 0 Å². The van der Waals surface area contributed by atoms with Crippen LogP contribution in [-0.2, 0) is 4.79 Å². The van der Waals surface area contributed by atoms with Crippen LogP contribution in [0.1, 0.15) is 34.6 Å². The number of nitrogens with zero attached hydrogens (tertiary/aromatic N) is 1. The lowest BCUT2D eigenvalue weighted by Gasteiger charge is -2.48. The van der Waals surface area contributed by atoms with Crippen molar-refractivity contribution in [1.29, 1.82) is 0 Å². The smallest absolute Gasteiger partial charge is 0.261 e. The van der Waals surface area contributed by atoms with Gasteiger partial charge in [0.15, 0.2) is 6.61 Å². The maximum atomic E-state index is 13.2. The summed E-state index contributed by atoms with van der Waals surface area (Å²) in [7, 11) is 0. The highest BCUT2D eigenvalue weighted by atomic mass is 32.1. The fraction of sp³-hybridized carbons (Fsp3) is 0.280. The summed E-state index contributed by atoms with van der Waals surface area (Å²) < 4.78 is 5.69. The Kier molecular flexibility index (Phi) is 6.58. The Labute approximate surface area is 191 Å². The van der Waals surface area contributed by atoms with Gasteiger partial charge in [0.05, 0.1) is 17.7 Å². The van der Waals surface area contributed by atoms with Crippen LogP contribution in [0.5, 0.6) is 5.75 Å². The molecule has 2 amide bonds. The Morgan fingerprint density at radius 2 is 1.78 bits per heavy atom. The van der Waals surface area contributed by atoms with Crippen molar-refractivity contribution >= 4 is 23.2 Å². The van der Waals surface area contributed by atoms with Crippen LogP contribution in [0.4, 0.5) is 0 Å². The van der Waals surface area contributed by atoms with Gasteiger partial charge in [-0.3, -0.25) is 9.59 Å². The van der Waals surface area contributed by atoms with Crippen LogP contribution in [0, 0.1) is 0 Å². The van der Waals surface area contributed by atoms with Crippen LogP contribution >= 0.6 is 11.3 Å². The average molecular weight is 451 g/mol. The molecule has 1 aliphatic rings. The number of piperidine rings is 1. The summed E-state index contributed by atoms with van der Waals surface area (Å²) in [6.45, 7) is 1.96. The van der Waals surface area contributed by atoms with E-state index in [1.165, 1.54) is 11.3 Å². The molecule has 1 aromatic heterocycles. The number of aliphatic hydroxyl groups is 1. The van der Waals surface area contributed by atoms with Crippen LogP contribution in [-0.4, -0.2) is 46.6 Å². The van der Waals surface area contributed by atoms with Crippen LogP contribution < -0.4 is 10.1 Å². The van der Waals surface area contributed by atoms with Gasteiger partial charge in [0.25, 0.3) is 11.8 Å². The molecule has 0 saturated carbocycles. The fourth-order valence-corrected chi connectivity index (χ4v) is 4.89. The number of likely N-dealkylation sites (tertiary alicyclic amines) is 1. The number of hydrogen-bond donors (Lipinski definition) is 2. The van der Waals surface area contributed by atoms with Gasteiger partial charge >= 0.3 is 0 Å². The molecule has 0 radical (unpaired) electrons. The molecule has 2 N–H and O–H groups in total. The molecule has 1 saturated heterocycles. The monoisotopic (exact) mass is 450 g/mol. The largest absolute Gasteiger partial charge is 0.484 e. The molecule has 1 aliphatic heterocycles. The summed E-state index contributed by atoms with van der Waals surface area (Å²) in [5, 5.41) is 16.2. The van der Waals surface area contributed by atoms with E-state index in [4.69, 9.17) is 4.74 Å². The third-order valence-corrected chi connectivity index (χ3v) is 6.71. The molecular formula is C25H26N2O4S. The number of thiophene rings is 1. The van der Waals surface area contributed by atoms with Crippen molar-refractivity contribution in [3.05, 3.63) is 88.6 Å². The van der Waals surface area contributed by atoms with E-state index in [-0.39, 0.29) is 18.4 Å². The quantitative estimate of drug-likeness (QED) is 0.601. The summed E-state index contributed by atoms with van der Waals surface area (Å²) in [6.07, 6.45) is 0.339.